The number of nitrogens with zero attached hydrogens (tertiary/aromatic N) is 4. The number of aryl methyl sites for hydroxylation is 1. The molecule has 2 N–H and O–H groups in total. The molecule has 0 spiro atoms. The second kappa shape index (κ2) is 5.66. The summed E-state index contributed by atoms with van der Waals surface area (Å²) in [6.45, 7) is 1.90. The molecule has 2 aromatic rings. The molecule has 1 unspecified atom stereocenters. The molecule has 1 amide bonds. The van der Waals surface area contributed by atoms with E-state index in [4.69, 9.17) is 22.1 Å². The number of primary amides is 1. The minimum atomic E-state index is -0.887. The van der Waals surface area contributed by atoms with Crippen molar-refractivity contribution < 1.29 is 9.53 Å². The predicted octanol–water partition coefficient (Wildman–Crippen LogP) is 1.47. The monoisotopic (exact) mass is 281 g/mol. The first-order valence-corrected chi connectivity index (χ1v) is 5.89. The maximum Gasteiger partial charge on any atom is 0.405 e. The van der Waals surface area contributed by atoms with Crippen molar-refractivity contribution in [2.75, 3.05) is 0 Å². The molecular formula is C11H12ClN5O2. The zero-order chi connectivity index (χ0) is 13.8. The number of carbonyl (C=O) groups is 1. The Morgan fingerprint density at radius 3 is 2.84 bits per heavy atom. The summed E-state index contributed by atoms with van der Waals surface area (Å²) in [4.78, 5) is 12.3. The summed E-state index contributed by atoms with van der Waals surface area (Å²) in [5.74, 6) is 0.525. The van der Waals surface area contributed by atoms with E-state index in [1.165, 1.54) is 4.80 Å². The van der Waals surface area contributed by atoms with Crippen LogP contribution in [-0.2, 0) is 11.3 Å². The fourth-order valence-corrected chi connectivity index (χ4v) is 1.88. The Kier molecular flexibility index (Phi) is 3.96. The molecule has 1 atom stereocenters. The third kappa shape index (κ3) is 3.41. The van der Waals surface area contributed by atoms with Crippen molar-refractivity contribution in [1.82, 2.24) is 20.2 Å². The Morgan fingerprint density at radius 1 is 1.53 bits per heavy atom. The van der Waals surface area contributed by atoms with Crippen molar-refractivity contribution in [2.45, 2.75) is 19.6 Å². The van der Waals surface area contributed by atoms with Gasteiger partial charge in [-0.05, 0) is 18.2 Å². The van der Waals surface area contributed by atoms with Gasteiger partial charge in [-0.15, -0.1) is 10.2 Å². The number of benzene rings is 1. The van der Waals surface area contributed by atoms with Gasteiger partial charge in [0.2, 0.25) is 0 Å². The van der Waals surface area contributed by atoms with E-state index in [9.17, 15) is 4.79 Å². The second-order valence-electron chi connectivity index (χ2n) is 3.84. The van der Waals surface area contributed by atoms with E-state index in [-0.39, 0.29) is 6.54 Å². The molecule has 100 valence electrons. The lowest BCUT2D eigenvalue weighted by Crippen LogP contribution is -2.22. The van der Waals surface area contributed by atoms with Crippen LogP contribution in [0.15, 0.2) is 24.3 Å². The summed E-state index contributed by atoms with van der Waals surface area (Å²) in [6.07, 6.45) is -1.55. The van der Waals surface area contributed by atoms with E-state index in [1.54, 1.807) is 31.2 Å². The SMILES string of the molecule is Cc1nnn(CC(OC(N)=O)c2ccccc2Cl)n1. The number of nitrogens with two attached hydrogens (primary N) is 1. The molecule has 0 aliphatic heterocycles. The number of hydrogen-bond acceptors (Lipinski definition) is 5. The van der Waals surface area contributed by atoms with Gasteiger partial charge in [-0.2, -0.15) is 4.80 Å². The molecule has 0 saturated carbocycles. The van der Waals surface area contributed by atoms with Gasteiger partial charge in [-0.25, -0.2) is 4.79 Å². The van der Waals surface area contributed by atoms with E-state index in [2.05, 4.69) is 15.4 Å². The lowest BCUT2D eigenvalue weighted by Gasteiger charge is -2.17. The van der Waals surface area contributed by atoms with E-state index in [1.807, 2.05) is 0 Å². The molecule has 0 aliphatic rings. The van der Waals surface area contributed by atoms with Crippen molar-refractivity contribution in [3.8, 4) is 0 Å². The van der Waals surface area contributed by atoms with Crippen molar-refractivity contribution in [2.24, 2.45) is 5.73 Å². The topological polar surface area (TPSA) is 95.9 Å². The van der Waals surface area contributed by atoms with Gasteiger partial charge in [-0.1, -0.05) is 29.8 Å². The first kappa shape index (κ1) is 13.3. The first-order chi connectivity index (χ1) is 9.06. The van der Waals surface area contributed by atoms with Gasteiger partial charge in [0.1, 0.15) is 6.54 Å². The number of carbonyl (C=O) groups excluding carboxylic acids is 1. The number of ether oxygens (including phenoxy) is 1. The van der Waals surface area contributed by atoms with Crippen LogP contribution >= 0.6 is 11.6 Å². The Bertz CT molecular complexity index is 586. The summed E-state index contributed by atoms with van der Waals surface area (Å²) >= 11 is 6.08. The molecule has 1 heterocycles. The average Bonchev–Trinajstić information content (AvgIpc) is 2.74. The lowest BCUT2D eigenvalue weighted by molar-refractivity contribution is 0.0901. The van der Waals surface area contributed by atoms with Crippen LogP contribution in [0.4, 0.5) is 4.79 Å². The molecule has 7 nitrogen and oxygen atoms in total. The Labute approximate surface area is 114 Å². The molecule has 0 fully saturated rings. The van der Waals surface area contributed by atoms with Gasteiger partial charge in [0.25, 0.3) is 0 Å². The molecule has 0 radical (unpaired) electrons. The maximum absolute atomic E-state index is 11.0. The molecule has 0 saturated heterocycles. The zero-order valence-corrected chi connectivity index (χ0v) is 10.9. The standard InChI is InChI=1S/C11H12ClN5O2/c1-7-14-16-17(15-7)6-10(19-11(13)18)8-4-2-3-5-9(8)12/h2-5,10H,6H2,1H3,(H2,13,18). The number of rotatable bonds is 4. The molecule has 19 heavy (non-hydrogen) atoms. The highest BCUT2D eigenvalue weighted by Crippen LogP contribution is 2.26. The van der Waals surface area contributed by atoms with Crippen molar-refractivity contribution >= 4 is 17.7 Å². The molecule has 1 aromatic carbocycles. The van der Waals surface area contributed by atoms with Crippen LogP contribution in [0.5, 0.6) is 0 Å². The van der Waals surface area contributed by atoms with Gasteiger partial charge in [0.05, 0.1) is 0 Å². The normalized spacial score (nSPS) is 12.1. The smallest absolute Gasteiger partial charge is 0.405 e. The zero-order valence-electron chi connectivity index (χ0n) is 10.2. The predicted molar refractivity (Wildman–Crippen MR) is 67.4 cm³/mol. The molecule has 0 bridgehead atoms. The largest absolute Gasteiger partial charge is 0.439 e. The van der Waals surface area contributed by atoms with Crippen molar-refractivity contribution in [3.63, 3.8) is 0 Å². The van der Waals surface area contributed by atoms with Gasteiger partial charge in [-0.3, -0.25) is 0 Å². The highest BCUT2D eigenvalue weighted by molar-refractivity contribution is 6.31. The van der Waals surface area contributed by atoms with Crippen LogP contribution in [0.2, 0.25) is 5.02 Å². The van der Waals surface area contributed by atoms with E-state index < -0.39 is 12.2 Å². The first-order valence-electron chi connectivity index (χ1n) is 5.51. The number of aromatic nitrogens is 4. The summed E-state index contributed by atoms with van der Waals surface area (Å²) in [5, 5.41) is 12.1. The fraction of sp³-hybridized carbons (Fsp3) is 0.273. The molecule has 1 aromatic heterocycles. The number of hydrogen-bond donors (Lipinski definition) is 1. The number of amides is 1. The second-order valence-corrected chi connectivity index (χ2v) is 4.25. The van der Waals surface area contributed by atoms with Crippen LogP contribution in [0.1, 0.15) is 17.5 Å². The average molecular weight is 282 g/mol. The summed E-state index contributed by atoms with van der Waals surface area (Å²) in [7, 11) is 0. The number of tetrazole rings is 1. The fourth-order valence-electron chi connectivity index (χ4n) is 1.62. The Morgan fingerprint density at radius 2 is 2.26 bits per heavy atom. The molecule has 0 aliphatic carbocycles. The van der Waals surface area contributed by atoms with Crippen LogP contribution < -0.4 is 5.73 Å². The minimum absolute atomic E-state index is 0.188. The van der Waals surface area contributed by atoms with Crippen molar-refractivity contribution in [3.05, 3.63) is 40.7 Å². The molecule has 8 heteroatoms. The van der Waals surface area contributed by atoms with E-state index in [0.717, 1.165) is 0 Å². The molecule has 2 rings (SSSR count). The van der Waals surface area contributed by atoms with Crippen LogP contribution in [0.3, 0.4) is 0 Å². The lowest BCUT2D eigenvalue weighted by atomic mass is 10.1. The highest BCUT2D eigenvalue weighted by Gasteiger charge is 2.20. The summed E-state index contributed by atoms with van der Waals surface area (Å²) in [6, 6.07) is 7.03. The van der Waals surface area contributed by atoms with Gasteiger partial charge >= 0.3 is 6.09 Å². The quantitative estimate of drug-likeness (QED) is 0.915. The Hall–Kier alpha value is -2.15. The molecular weight excluding hydrogens is 270 g/mol. The van der Waals surface area contributed by atoms with E-state index >= 15 is 0 Å². The van der Waals surface area contributed by atoms with E-state index in [0.29, 0.717) is 16.4 Å². The van der Waals surface area contributed by atoms with Crippen LogP contribution in [-0.4, -0.2) is 26.3 Å². The summed E-state index contributed by atoms with van der Waals surface area (Å²) < 4.78 is 5.06. The maximum atomic E-state index is 11.0. The van der Waals surface area contributed by atoms with Crippen LogP contribution in [0, 0.1) is 6.92 Å². The van der Waals surface area contributed by atoms with Gasteiger partial charge < -0.3 is 10.5 Å². The highest BCUT2D eigenvalue weighted by atomic mass is 35.5. The summed E-state index contributed by atoms with van der Waals surface area (Å²) in [5.41, 5.74) is 5.71. The Balaban J connectivity index is 2.26. The van der Waals surface area contributed by atoms with Gasteiger partial charge in [0.15, 0.2) is 11.9 Å². The third-order valence-corrected chi connectivity index (χ3v) is 2.74. The van der Waals surface area contributed by atoms with Crippen molar-refractivity contribution in [1.29, 1.82) is 0 Å². The van der Waals surface area contributed by atoms with Crippen LogP contribution in [0.25, 0.3) is 0 Å². The number of halogens is 1. The van der Waals surface area contributed by atoms with Gasteiger partial charge in [0, 0.05) is 10.6 Å². The minimum Gasteiger partial charge on any atom is -0.439 e. The third-order valence-electron chi connectivity index (χ3n) is 2.39.